The van der Waals surface area contributed by atoms with Crippen LogP contribution in [-0.4, -0.2) is 18.0 Å². The first-order valence-corrected chi connectivity index (χ1v) is 6.02. The highest BCUT2D eigenvalue weighted by Gasteiger charge is 2.37. The van der Waals surface area contributed by atoms with Gasteiger partial charge in [-0.25, -0.2) is 0 Å². The summed E-state index contributed by atoms with van der Waals surface area (Å²) in [5.74, 6) is 0.487. The van der Waals surface area contributed by atoms with E-state index in [2.05, 4.69) is 18.3 Å². The Balaban J connectivity index is 2.37. The molecule has 4 heteroatoms. The van der Waals surface area contributed by atoms with E-state index < -0.39 is 5.54 Å². The number of hydrogen-bond acceptors (Lipinski definition) is 3. The van der Waals surface area contributed by atoms with E-state index in [-0.39, 0.29) is 5.91 Å². The topological polar surface area (TPSA) is 78.9 Å². The molecule has 3 N–H and O–H groups in total. The summed E-state index contributed by atoms with van der Waals surface area (Å²) in [5.41, 5.74) is 5.45. The van der Waals surface area contributed by atoms with Crippen molar-refractivity contribution in [1.29, 1.82) is 5.26 Å². The monoisotopic (exact) mass is 223 g/mol. The van der Waals surface area contributed by atoms with E-state index in [1.165, 1.54) is 6.42 Å². The average molecular weight is 223 g/mol. The van der Waals surface area contributed by atoms with Gasteiger partial charge in [-0.2, -0.15) is 5.26 Å². The lowest BCUT2D eigenvalue weighted by molar-refractivity contribution is -0.128. The Bertz CT molecular complexity index is 284. The molecule has 0 aliphatic heterocycles. The predicted octanol–water partition coefficient (Wildman–Crippen LogP) is 1.31. The van der Waals surface area contributed by atoms with Crippen molar-refractivity contribution in [2.75, 3.05) is 6.54 Å². The number of unbranched alkanes of at least 4 members (excludes halogenated alkanes) is 1. The molecular formula is C12H21N3O. The third kappa shape index (κ3) is 3.49. The van der Waals surface area contributed by atoms with E-state index in [9.17, 15) is 4.79 Å². The minimum absolute atomic E-state index is 0.0445. The molecule has 0 saturated heterocycles. The van der Waals surface area contributed by atoms with Gasteiger partial charge in [-0.1, -0.05) is 19.8 Å². The lowest BCUT2D eigenvalue weighted by Crippen LogP contribution is -2.56. The van der Waals surface area contributed by atoms with Crippen molar-refractivity contribution in [2.45, 2.75) is 51.0 Å². The number of nitrogens with two attached hydrogens (primary N) is 1. The number of nitriles is 1. The highest BCUT2D eigenvalue weighted by atomic mass is 16.2. The second kappa shape index (κ2) is 5.86. The van der Waals surface area contributed by atoms with Gasteiger partial charge in [0.05, 0.1) is 11.6 Å². The fraction of sp³-hybridized carbons (Fsp3) is 0.833. The molecule has 0 radical (unpaired) electrons. The lowest BCUT2D eigenvalue weighted by atomic mass is 9.76. The fourth-order valence-electron chi connectivity index (χ4n) is 2.34. The molecule has 90 valence electrons. The Morgan fingerprint density at radius 1 is 1.69 bits per heavy atom. The van der Waals surface area contributed by atoms with Gasteiger partial charge in [0.2, 0.25) is 5.91 Å². The van der Waals surface area contributed by atoms with Crippen LogP contribution in [0.25, 0.3) is 0 Å². The van der Waals surface area contributed by atoms with Crippen LogP contribution < -0.4 is 11.1 Å². The van der Waals surface area contributed by atoms with Gasteiger partial charge in [0, 0.05) is 13.0 Å². The van der Waals surface area contributed by atoms with E-state index in [0.29, 0.717) is 25.3 Å². The molecule has 1 aliphatic carbocycles. The molecule has 16 heavy (non-hydrogen) atoms. The second-order valence-electron chi connectivity index (χ2n) is 4.88. The lowest BCUT2D eigenvalue weighted by Gasteiger charge is -2.35. The molecule has 0 aromatic carbocycles. The summed E-state index contributed by atoms with van der Waals surface area (Å²) in [7, 11) is 0. The van der Waals surface area contributed by atoms with Gasteiger partial charge >= 0.3 is 0 Å². The van der Waals surface area contributed by atoms with Crippen LogP contribution in [0.3, 0.4) is 0 Å². The minimum Gasteiger partial charge on any atom is -0.354 e. The van der Waals surface area contributed by atoms with Gasteiger partial charge in [-0.05, 0) is 25.2 Å². The highest BCUT2D eigenvalue weighted by Crippen LogP contribution is 2.30. The van der Waals surface area contributed by atoms with Crippen molar-refractivity contribution in [3.63, 3.8) is 0 Å². The van der Waals surface area contributed by atoms with Crippen molar-refractivity contribution < 1.29 is 4.79 Å². The summed E-state index contributed by atoms with van der Waals surface area (Å²) in [6.45, 7) is 2.70. The van der Waals surface area contributed by atoms with E-state index in [4.69, 9.17) is 11.0 Å². The van der Waals surface area contributed by atoms with Gasteiger partial charge in [-0.3, -0.25) is 4.79 Å². The zero-order valence-corrected chi connectivity index (χ0v) is 9.96. The van der Waals surface area contributed by atoms with Crippen LogP contribution in [0.2, 0.25) is 0 Å². The molecule has 4 nitrogen and oxygen atoms in total. The molecule has 0 bridgehead atoms. The van der Waals surface area contributed by atoms with Crippen LogP contribution in [0.4, 0.5) is 0 Å². The van der Waals surface area contributed by atoms with E-state index in [1.807, 2.05) is 0 Å². The van der Waals surface area contributed by atoms with Crippen molar-refractivity contribution in [1.82, 2.24) is 5.32 Å². The number of nitrogens with one attached hydrogen (secondary N) is 1. The molecule has 1 amide bonds. The quantitative estimate of drug-likeness (QED) is 0.705. The predicted molar refractivity (Wildman–Crippen MR) is 62.4 cm³/mol. The Morgan fingerprint density at radius 3 is 3.06 bits per heavy atom. The summed E-state index contributed by atoms with van der Waals surface area (Å²) >= 11 is 0. The second-order valence-corrected chi connectivity index (χ2v) is 4.88. The van der Waals surface area contributed by atoms with Gasteiger partial charge in [0.15, 0.2) is 0 Å². The molecule has 1 fully saturated rings. The number of amides is 1. The van der Waals surface area contributed by atoms with Crippen molar-refractivity contribution in [3.8, 4) is 6.07 Å². The molecule has 1 saturated carbocycles. The summed E-state index contributed by atoms with van der Waals surface area (Å²) in [5, 5.41) is 11.2. The standard InChI is InChI=1S/C12H21N3O/c1-10-5-4-6-12(14,9-10)11(16)15-8-3-2-7-13/h10H,2-6,8-9,14H2,1H3,(H,15,16). The van der Waals surface area contributed by atoms with E-state index >= 15 is 0 Å². The maximum Gasteiger partial charge on any atom is 0.240 e. The largest absolute Gasteiger partial charge is 0.354 e. The van der Waals surface area contributed by atoms with E-state index in [1.54, 1.807) is 0 Å². The number of carbonyl (C=O) groups excluding carboxylic acids is 1. The van der Waals surface area contributed by atoms with Crippen molar-refractivity contribution in [2.24, 2.45) is 11.7 Å². The Kier molecular flexibility index (Phi) is 4.75. The molecular weight excluding hydrogens is 202 g/mol. The molecule has 0 aromatic rings. The third-order valence-corrected chi connectivity index (χ3v) is 3.24. The molecule has 2 atom stereocenters. The SMILES string of the molecule is CC1CCCC(N)(C(=O)NCCCC#N)C1. The van der Waals surface area contributed by atoms with Gasteiger partial charge in [-0.15, -0.1) is 0 Å². The van der Waals surface area contributed by atoms with Crippen LogP contribution in [0.15, 0.2) is 0 Å². The van der Waals surface area contributed by atoms with Crippen LogP contribution in [0, 0.1) is 17.2 Å². The number of rotatable bonds is 4. The van der Waals surface area contributed by atoms with Gasteiger partial charge in [0.1, 0.15) is 0 Å². The van der Waals surface area contributed by atoms with Crippen molar-refractivity contribution in [3.05, 3.63) is 0 Å². The van der Waals surface area contributed by atoms with Crippen LogP contribution in [0.1, 0.15) is 45.4 Å². The summed E-state index contributed by atoms with van der Waals surface area (Å²) in [6, 6.07) is 2.05. The number of carbonyl (C=O) groups is 1. The molecule has 1 aliphatic rings. The first-order valence-electron chi connectivity index (χ1n) is 6.02. The number of nitrogens with zero attached hydrogens (tertiary/aromatic N) is 1. The summed E-state index contributed by atoms with van der Waals surface area (Å²) in [6.07, 6.45) is 4.94. The highest BCUT2D eigenvalue weighted by molar-refractivity contribution is 5.86. The zero-order valence-electron chi connectivity index (χ0n) is 9.96. The molecule has 1 rings (SSSR count). The third-order valence-electron chi connectivity index (χ3n) is 3.24. The van der Waals surface area contributed by atoms with E-state index in [0.717, 1.165) is 19.3 Å². The number of hydrogen-bond donors (Lipinski definition) is 2. The maximum atomic E-state index is 11.9. The molecule has 0 aromatic heterocycles. The average Bonchev–Trinajstić information content (AvgIpc) is 2.23. The molecule has 2 unspecified atom stereocenters. The first kappa shape index (κ1) is 13.0. The summed E-state index contributed by atoms with van der Waals surface area (Å²) in [4.78, 5) is 11.9. The Hall–Kier alpha value is -1.08. The van der Waals surface area contributed by atoms with Crippen LogP contribution >= 0.6 is 0 Å². The first-order chi connectivity index (χ1) is 7.58. The molecule has 0 spiro atoms. The zero-order chi connectivity index (χ0) is 12.0. The Labute approximate surface area is 97.2 Å². The van der Waals surface area contributed by atoms with Crippen molar-refractivity contribution >= 4 is 5.91 Å². The van der Waals surface area contributed by atoms with Gasteiger partial charge < -0.3 is 11.1 Å². The normalized spacial score (nSPS) is 29.4. The fourth-order valence-corrected chi connectivity index (χ4v) is 2.34. The Morgan fingerprint density at radius 2 is 2.44 bits per heavy atom. The smallest absolute Gasteiger partial charge is 0.240 e. The minimum atomic E-state index is -0.676. The maximum absolute atomic E-state index is 11.9. The van der Waals surface area contributed by atoms with Crippen LogP contribution in [0.5, 0.6) is 0 Å². The van der Waals surface area contributed by atoms with Crippen LogP contribution in [-0.2, 0) is 4.79 Å². The summed E-state index contributed by atoms with van der Waals surface area (Å²) < 4.78 is 0. The molecule has 0 heterocycles. The van der Waals surface area contributed by atoms with Gasteiger partial charge in [0.25, 0.3) is 0 Å².